The first kappa shape index (κ1) is 24.2. The first-order valence-electron chi connectivity index (χ1n) is 12.0. The quantitative estimate of drug-likeness (QED) is 0.529. The van der Waals surface area contributed by atoms with Crippen LogP contribution in [0.3, 0.4) is 0 Å². The largest absolute Gasteiger partial charge is 0.340 e. The maximum Gasteiger partial charge on any atom is 0.243 e. The number of hydrogen-bond donors (Lipinski definition) is 2. The Morgan fingerprint density at radius 3 is 2.36 bits per heavy atom. The van der Waals surface area contributed by atoms with Crippen LogP contribution in [0.1, 0.15) is 12.0 Å². The van der Waals surface area contributed by atoms with Gasteiger partial charge in [0.2, 0.25) is 10.0 Å². The van der Waals surface area contributed by atoms with Crippen LogP contribution in [0.5, 0.6) is 0 Å². The van der Waals surface area contributed by atoms with Gasteiger partial charge in [-0.1, -0.05) is 24.3 Å². The summed E-state index contributed by atoms with van der Waals surface area (Å²) in [5, 5.41) is 11.8. The summed E-state index contributed by atoms with van der Waals surface area (Å²) in [6, 6.07) is 20.7. The maximum atomic E-state index is 13.0. The Kier molecular flexibility index (Phi) is 6.86. The van der Waals surface area contributed by atoms with Crippen LogP contribution in [-0.2, 0) is 10.0 Å². The highest BCUT2D eigenvalue weighted by molar-refractivity contribution is 7.89. The van der Waals surface area contributed by atoms with E-state index in [1.54, 1.807) is 34.8 Å². The van der Waals surface area contributed by atoms with Crippen LogP contribution in [-0.4, -0.2) is 68.2 Å². The van der Waals surface area contributed by atoms with Crippen LogP contribution < -0.4 is 10.2 Å². The number of pyridine rings is 1. The van der Waals surface area contributed by atoms with Gasteiger partial charge in [-0.25, -0.2) is 13.4 Å². The van der Waals surface area contributed by atoms with Gasteiger partial charge in [-0.15, -0.1) is 0 Å². The molecule has 1 aromatic heterocycles. The van der Waals surface area contributed by atoms with Crippen molar-refractivity contribution in [3.8, 4) is 0 Å². The van der Waals surface area contributed by atoms with Crippen molar-refractivity contribution in [2.45, 2.75) is 11.3 Å². The van der Waals surface area contributed by atoms with Gasteiger partial charge in [0.05, 0.1) is 4.90 Å². The third-order valence-corrected chi connectivity index (χ3v) is 8.54. The van der Waals surface area contributed by atoms with Gasteiger partial charge in [0.1, 0.15) is 11.7 Å². The molecule has 2 N–H and O–H groups in total. The zero-order valence-corrected chi connectivity index (χ0v) is 21.1. The minimum absolute atomic E-state index is 0.299. The molecule has 0 radical (unpaired) electrons. The monoisotopic (exact) mass is 502 g/mol. The molecule has 0 spiro atoms. The van der Waals surface area contributed by atoms with E-state index in [-0.39, 0.29) is 0 Å². The molecule has 1 fully saturated rings. The summed E-state index contributed by atoms with van der Waals surface area (Å²) in [7, 11) is -1.49. The third kappa shape index (κ3) is 5.18. The molecule has 3 heterocycles. The predicted octanol–water partition coefficient (Wildman–Crippen LogP) is 4.03. The standard InChI is InChI=1S/C27H30N6O2S/c1-31-15-17-32(18-16-31)36(34,35)25-9-7-23(8-10-25)30-27-20-21(11-13-29-27)22-12-14-33(26(28)19-22)24-5-3-2-4-6-24/h2-13,20,28H,14-19H2,1H3,(H,29,30). The Balaban J connectivity index is 1.27. The zero-order valence-electron chi connectivity index (χ0n) is 20.3. The van der Waals surface area contributed by atoms with Crippen molar-refractivity contribution in [2.75, 3.05) is 50.0 Å². The van der Waals surface area contributed by atoms with E-state index in [1.807, 2.05) is 54.4 Å². The number of hydrogen-bond acceptors (Lipinski definition) is 6. The van der Waals surface area contributed by atoms with Gasteiger partial charge in [-0.05, 0) is 66.7 Å². The van der Waals surface area contributed by atoms with Crippen LogP contribution in [0.4, 0.5) is 17.2 Å². The van der Waals surface area contributed by atoms with Crippen LogP contribution in [0, 0.1) is 5.41 Å². The molecular weight excluding hydrogens is 472 g/mol. The van der Waals surface area contributed by atoms with Crippen LogP contribution in [0.15, 0.2) is 83.9 Å². The predicted molar refractivity (Wildman–Crippen MR) is 144 cm³/mol. The first-order valence-corrected chi connectivity index (χ1v) is 13.5. The van der Waals surface area contributed by atoms with Gasteiger partial charge in [-0.2, -0.15) is 4.31 Å². The van der Waals surface area contributed by atoms with Gasteiger partial charge >= 0.3 is 0 Å². The summed E-state index contributed by atoms with van der Waals surface area (Å²) in [5.41, 5.74) is 3.89. The topological polar surface area (TPSA) is 92.6 Å². The lowest BCUT2D eigenvalue weighted by Crippen LogP contribution is -2.46. The Hall–Kier alpha value is -3.53. The van der Waals surface area contributed by atoms with E-state index in [4.69, 9.17) is 5.41 Å². The maximum absolute atomic E-state index is 13.0. The number of anilines is 3. The number of amidine groups is 1. The molecule has 2 aromatic carbocycles. The van der Waals surface area contributed by atoms with E-state index in [1.165, 1.54) is 0 Å². The minimum Gasteiger partial charge on any atom is -0.340 e. The molecule has 3 aromatic rings. The highest BCUT2D eigenvalue weighted by Crippen LogP contribution is 2.28. The van der Waals surface area contributed by atoms with Crippen molar-refractivity contribution < 1.29 is 8.42 Å². The van der Waals surface area contributed by atoms with E-state index in [2.05, 4.69) is 21.3 Å². The summed E-state index contributed by atoms with van der Waals surface area (Å²) in [6.45, 7) is 3.13. The number of likely N-dealkylation sites (N-methyl/N-ethyl adjacent to an activating group) is 1. The van der Waals surface area contributed by atoms with Crippen LogP contribution >= 0.6 is 0 Å². The third-order valence-electron chi connectivity index (χ3n) is 6.63. The second-order valence-corrected chi connectivity index (χ2v) is 11.0. The summed E-state index contributed by atoms with van der Waals surface area (Å²) >= 11 is 0. The number of piperazine rings is 1. The zero-order chi connectivity index (χ0) is 25.1. The fourth-order valence-electron chi connectivity index (χ4n) is 4.48. The number of nitrogens with one attached hydrogen (secondary N) is 2. The van der Waals surface area contributed by atoms with Gasteiger partial charge in [0.25, 0.3) is 0 Å². The smallest absolute Gasteiger partial charge is 0.243 e. The van der Waals surface area contributed by atoms with Crippen LogP contribution in [0.2, 0.25) is 0 Å². The number of nitrogens with zero attached hydrogens (tertiary/aromatic N) is 4. The lowest BCUT2D eigenvalue weighted by Gasteiger charge is -2.31. The van der Waals surface area contributed by atoms with Crippen molar-refractivity contribution in [1.82, 2.24) is 14.2 Å². The molecule has 0 saturated carbocycles. The molecule has 0 amide bonds. The van der Waals surface area contributed by atoms with Crippen molar-refractivity contribution in [2.24, 2.45) is 0 Å². The average molecular weight is 503 g/mol. The molecule has 2 aliphatic heterocycles. The molecule has 0 atom stereocenters. The number of benzene rings is 2. The molecule has 9 heteroatoms. The van der Waals surface area contributed by atoms with E-state index in [9.17, 15) is 8.42 Å². The second-order valence-electron chi connectivity index (χ2n) is 9.09. The number of para-hydroxylation sites is 1. The first-order chi connectivity index (χ1) is 17.4. The van der Waals surface area contributed by atoms with Gasteiger partial charge in [0.15, 0.2) is 0 Å². The molecule has 5 rings (SSSR count). The van der Waals surface area contributed by atoms with Gasteiger partial charge in [-0.3, -0.25) is 5.41 Å². The number of aromatic nitrogens is 1. The average Bonchev–Trinajstić information content (AvgIpc) is 2.90. The summed E-state index contributed by atoms with van der Waals surface area (Å²) < 4.78 is 27.5. The molecule has 0 unspecified atom stereocenters. The Labute approximate surface area is 212 Å². The van der Waals surface area contributed by atoms with E-state index in [0.29, 0.717) is 42.6 Å². The minimum atomic E-state index is -3.49. The van der Waals surface area contributed by atoms with Crippen LogP contribution in [0.25, 0.3) is 5.57 Å². The lowest BCUT2D eigenvalue weighted by molar-refractivity contribution is 0.222. The Bertz CT molecular complexity index is 1360. The number of rotatable bonds is 6. The molecule has 0 bridgehead atoms. The van der Waals surface area contributed by atoms with E-state index in [0.717, 1.165) is 35.6 Å². The molecular formula is C27H30N6O2S. The summed E-state index contributed by atoms with van der Waals surface area (Å²) in [4.78, 5) is 8.86. The molecule has 0 aliphatic carbocycles. The summed E-state index contributed by atoms with van der Waals surface area (Å²) in [5.74, 6) is 1.22. The molecule has 186 valence electrons. The highest BCUT2D eigenvalue weighted by Gasteiger charge is 2.27. The Morgan fingerprint density at radius 2 is 1.67 bits per heavy atom. The second kappa shape index (κ2) is 10.2. The van der Waals surface area contributed by atoms with Crippen molar-refractivity contribution in [3.05, 3.63) is 84.6 Å². The van der Waals surface area contributed by atoms with E-state index >= 15 is 0 Å². The summed E-state index contributed by atoms with van der Waals surface area (Å²) in [6.07, 6.45) is 4.44. The molecule has 8 nitrogen and oxygen atoms in total. The fraction of sp³-hybridized carbons (Fsp3) is 0.259. The number of sulfonamides is 1. The fourth-order valence-corrected chi connectivity index (χ4v) is 5.91. The normalized spacial score (nSPS) is 17.6. The van der Waals surface area contributed by atoms with Crippen molar-refractivity contribution in [3.63, 3.8) is 0 Å². The van der Waals surface area contributed by atoms with Gasteiger partial charge < -0.3 is 15.1 Å². The highest BCUT2D eigenvalue weighted by atomic mass is 32.2. The SMILES string of the molecule is CN1CCN(S(=O)(=O)c2ccc(Nc3cc(C4=CCN(c5ccccc5)C(=N)C4)ccn3)cc2)CC1. The Morgan fingerprint density at radius 1 is 0.944 bits per heavy atom. The van der Waals surface area contributed by atoms with Gasteiger partial charge in [0, 0.05) is 56.7 Å². The van der Waals surface area contributed by atoms with E-state index < -0.39 is 10.0 Å². The molecule has 1 saturated heterocycles. The molecule has 36 heavy (non-hydrogen) atoms. The van der Waals surface area contributed by atoms with Crippen molar-refractivity contribution in [1.29, 1.82) is 5.41 Å². The van der Waals surface area contributed by atoms with Crippen molar-refractivity contribution >= 4 is 38.6 Å². The lowest BCUT2D eigenvalue weighted by atomic mass is 9.99. The molecule has 2 aliphatic rings.